The van der Waals surface area contributed by atoms with Gasteiger partial charge in [-0.15, -0.1) is 0 Å². The van der Waals surface area contributed by atoms with E-state index >= 15 is 0 Å². The molecule has 3 N–H and O–H groups in total. The van der Waals surface area contributed by atoms with E-state index in [1.54, 1.807) is 13.3 Å². The zero-order valence-corrected chi connectivity index (χ0v) is 16.9. The number of nitrogens with one attached hydrogen (secondary N) is 2. The summed E-state index contributed by atoms with van der Waals surface area (Å²) in [5.41, 5.74) is 2.14. The third-order valence-corrected chi connectivity index (χ3v) is 5.82. The van der Waals surface area contributed by atoms with Crippen molar-refractivity contribution >= 4 is 23.2 Å². The maximum Gasteiger partial charge on any atom is 0.223 e. The van der Waals surface area contributed by atoms with Crippen molar-refractivity contribution in [1.29, 1.82) is 0 Å². The van der Waals surface area contributed by atoms with Gasteiger partial charge in [-0.25, -0.2) is 9.97 Å². The zero-order valence-electron chi connectivity index (χ0n) is 16.9. The highest BCUT2D eigenvalue weighted by molar-refractivity contribution is 5.92. The fourth-order valence-corrected chi connectivity index (χ4v) is 4.39. The molecule has 0 spiro atoms. The summed E-state index contributed by atoms with van der Waals surface area (Å²) in [5, 5.41) is 17.0. The lowest BCUT2D eigenvalue weighted by Crippen LogP contribution is -2.43. The highest BCUT2D eigenvalue weighted by Crippen LogP contribution is 2.34. The first-order valence-corrected chi connectivity index (χ1v) is 10.1. The molecule has 1 aromatic carbocycles. The van der Waals surface area contributed by atoms with Crippen LogP contribution in [0, 0.1) is 0 Å². The van der Waals surface area contributed by atoms with Crippen molar-refractivity contribution in [2.45, 2.75) is 38.0 Å². The molecule has 1 amide bonds. The van der Waals surface area contributed by atoms with Crippen molar-refractivity contribution in [3.63, 3.8) is 0 Å². The van der Waals surface area contributed by atoms with Gasteiger partial charge in [0.25, 0.3) is 0 Å². The summed E-state index contributed by atoms with van der Waals surface area (Å²) in [5.74, 6) is 1.65. The average Bonchev–Trinajstić information content (AvgIpc) is 3.12. The molecule has 154 valence electrons. The third-order valence-electron chi connectivity index (χ3n) is 5.82. The predicted molar refractivity (Wildman–Crippen MR) is 113 cm³/mol. The molecule has 1 fully saturated rings. The van der Waals surface area contributed by atoms with Gasteiger partial charge in [0.15, 0.2) is 0 Å². The number of anilines is 3. The molecule has 8 heteroatoms. The molecular weight excluding hydrogens is 368 g/mol. The highest BCUT2D eigenvalue weighted by atomic mass is 16.3. The third kappa shape index (κ3) is 4.04. The molecule has 0 bridgehead atoms. The first-order valence-electron chi connectivity index (χ1n) is 10.1. The number of rotatable bonds is 5. The summed E-state index contributed by atoms with van der Waals surface area (Å²) in [4.78, 5) is 24.6. The molecule has 0 aliphatic carbocycles. The van der Waals surface area contributed by atoms with E-state index in [4.69, 9.17) is 0 Å². The Hall–Kier alpha value is -2.71. The summed E-state index contributed by atoms with van der Waals surface area (Å²) in [6.07, 6.45) is 2.73. The van der Waals surface area contributed by atoms with Crippen molar-refractivity contribution in [1.82, 2.24) is 15.3 Å². The van der Waals surface area contributed by atoms with E-state index in [-0.39, 0.29) is 24.1 Å². The number of aliphatic hydroxyl groups excluding tert-OH is 1. The van der Waals surface area contributed by atoms with Crippen molar-refractivity contribution in [3.05, 3.63) is 42.2 Å². The van der Waals surface area contributed by atoms with Crippen LogP contribution in [0.25, 0.3) is 0 Å². The number of β-amino-alcohol motifs (C(OH)–C–C–N with tert-alkyl or cyclic N) is 1. The summed E-state index contributed by atoms with van der Waals surface area (Å²) in [6.45, 7) is 3.61. The number of hydrogen-bond donors (Lipinski definition) is 3. The Balaban J connectivity index is 1.49. The fourth-order valence-electron chi connectivity index (χ4n) is 4.39. The van der Waals surface area contributed by atoms with Crippen LogP contribution in [0.15, 0.2) is 36.7 Å². The number of aliphatic hydroxyl groups is 1. The van der Waals surface area contributed by atoms with Crippen LogP contribution in [-0.4, -0.2) is 59.8 Å². The van der Waals surface area contributed by atoms with Gasteiger partial charge in [0, 0.05) is 57.4 Å². The van der Waals surface area contributed by atoms with Crippen LogP contribution in [0.1, 0.15) is 31.4 Å². The topological polar surface area (TPSA) is 93.6 Å². The molecule has 29 heavy (non-hydrogen) atoms. The summed E-state index contributed by atoms with van der Waals surface area (Å²) in [6, 6.07) is 10.3. The second kappa shape index (κ2) is 8.34. The van der Waals surface area contributed by atoms with Gasteiger partial charge in [0.05, 0.1) is 6.10 Å². The van der Waals surface area contributed by atoms with Crippen molar-refractivity contribution in [2.75, 3.05) is 41.8 Å². The van der Waals surface area contributed by atoms with Gasteiger partial charge in [0.1, 0.15) is 18.0 Å². The Morgan fingerprint density at radius 3 is 2.93 bits per heavy atom. The largest absolute Gasteiger partial charge is 0.391 e. The van der Waals surface area contributed by atoms with Gasteiger partial charge in [-0.1, -0.05) is 18.2 Å². The molecule has 2 aliphatic heterocycles. The van der Waals surface area contributed by atoms with Crippen LogP contribution >= 0.6 is 0 Å². The number of carbonyl (C=O) groups excluding carboxylic acids is 1. The van der Waals surface area contributed by atoms with E-state index in [1.807, 2.05) is 36.2 Å². The zero-order chi connectivity index (χ0) is 20.4. The monoisotopic (exact) mass is 396 g/mol. The Morgan fingerprint density at radius 2 is 2.14 bits per heavy atom. The normalized spacial score (nSPS) is 23.8. The molecule has 0 radical (unpaired) electrons. The minimum Gasteiger partial charge on any atom is -0.391 e. The first-order chi connectivity index (χ1) is 14.1. The van der Waals surface area contributed by atoms with Crippen LogP contribution < -0.4 is 20.4 Å². The molecule has 2 aliphatic rings. The number of carbonyl (C=O) groups is 1. The van der Waals surface area contributed by atoms with Gasteiger partial charge >= 0.3 is 0 Å². The minimum absolute atomic E-state index is 0.0742. The molecule has 3 atom stereocenters. The van der Waals surface area contributed by atoms with Crippen LogP contribution in [0.5, 0.6) is 0 Å². The SMILES string of the molecule is CNc1cc(N2C[C@H](O)C[C@@H]2CNC2CCN(C(C)=O)c3ccccc32)ncn1. The Morgan fingerprint density at radius 1 is 1.31 bits per heavy atom. The number of nitrogens with zero attached hydrogens (tertiary/aromatic N) is 4. The molecule has 1 unspecified atom stereocenters. The predicted octanol–water partition coefficient (Wildman–Crippen LogP) is 1.55. The van der Waals surface area contributed by atoms with Gasteiger partial charge in [-0.05, 0) is 24.5 Å². The second-order valence-electron chi connectivity index (χ2n) is 7.69. The molecule has 1 aromatic heterocycles. The molecule has 1 saturated heterocycles. The van der Waals surface area contributed by atoms with Gasteiger partial charge < -0.3 is 25.5 Å². The standard InChI is InChI=1S/C21H28N6O2/c1-14(28)26-8-7-18(17-5-3-4-6-19(17)26)23-11-15-9-16(29)12-27(15)21-10-20(22-2)24-13-25-21/h3-6,10,13,15-16,18,23,29H,7-9,11-12H2,1-2H3,(H,22,24,25)/t15-,16-,18?/m1/s1. The van der Waals surface area contributed by atoms with E-state index in [9.17, 15) is 9.90 Å². The smallest absolute Gasteiger partial charge is 0.223 e. The molecule has 3 heterocycles. The maximum atomic E-state index is 12.0. The summed E-state index contributed by atoms with van der Waals surface area (Å²) < 4.78 is 0. The number of amides is 1. The molecular formula is C21H28N6O2. The van der Waals surface area contributed by atoms with Gasteiger partial charge in [-0.3, -0.25) is 4.79 Å². The van der Waals surface area contributed by atoms with Gasteiger partial charge in [0.2, 0.25) is 5.91 Å². The molecule has 8 nitrogen and oxygen atoms in total. The van der Waals surface area contributed by atoms with Gasteiger partial charge in [-0.2, -0.15) is 0 Å². The van der Waals surface area contributed by atoms with E-state index in [0.717, 1.165) is 35.9 Å². The number of benzene rings is 1. The summed E-state index contributed by atoms with van der Waals surface area (Å²) >= 11 is 0. The Labute approximate surface area is 171 Å². The van der Waals surface area contributed by atoms with Crippen LogP contribution in [0.3, 0.4) is 0 Å². The molecule has 4 rings (SSSR count). The minimum atomic E-state index is -0.373. The highest BCUT2D eigenvalue weighted by Gasteiger charge is 2.33. The number of para-hydroxylation sites is 1. The van der Waals surface area contributed by atoms with E-state index < -0.39 is 0 Å². The summed E-state index contributed by atoms with van der Waals surface area (Å²) in [7, 11) is 1.83. The molecule has 0 saturated carbocycles. The molecule has 2 aromatic rings. The quantitative estimate of drug-likeness (QED) is 0.706. The van der Waals surface area contributed by atoms with Crippen LogP contribution in [-0.2, 0) is 4.79 Å². The first kappa shape index (κ1) is 19.6. The van der Waals surface area contributed by atoms with E-state index in [2.05, 4.69) is 31.6 Å². The second-order valence-corrected chi connectivity index (χ2v) is 7.69. The van der Waals surface area contributed by atoms with Crippen molar-refractivity contribution in [3.8, 4) is 0 Å². The lowest BCUT2D eigenvalue weighted by atomic mass is 9.96. The van der Waals surface area contributed by atoms with Crippen LogP contribution in [0.4, 0.5) is 17.3 Å². The maximum absolute atomic E-state index is 12.0. The lowest BCUT2D eigenvalue weighted by Gasteiger charge is -2.35. The average molecular weight is 396 g/mol. The van der Waals surface area contributed by atoms with E-state index in [1.165, 1.54) is 0 Å². The van der Waals surface area contributed by atoms with Crippen molar-refractivity contribution in [2.24, 2.45) is 0 Å². The van der Waals surface area contributed by atoms with Crippen LogP contribution in [0.2, 0.25) is 0 Å². The van der Waals surface area contributed by atoms with E-state index in [0.29, 0.717) is 19.5 Å². The van der Waals surface area contributed by atoms with Crippen molar-refractivity contribution < 1.29 is 9.90 Å². The number of fused-ring (bicyclic) bond motifs is 1. The Bertz CT molecular complexity index is 876. The lowest BCUT2D eigenvalue weighted by molar-refractivity contribution is -0.116. The Kier molecular flexibility index (Phi) is 5.64. The number of aromatic nitrogens is 2. The number of hydrogen-bond acceptors (Lipinski definition) is 7. The fraction of sp³-hybridized carbons (Fsp3) is 0.476.